The lowest BCUT2D eigenvalue weighted by Crippen LogP contribution is -1.95. The van der Waals surface area contributed by atoms with Gasteiger partial charge in [-0.15, -0.1) is 0 Å². The number of carboxylic acid groups (broad SMARTS) is 1. The number of ether oxygens (including phenoxy) is 1. The van der Waals surface area contributed by atoms with Crippen LogP contribution in [0.1, 0.15) is 10.5 Å². The third-order valence-electron chi connectivity index (χ3n) is 3.20. The van der Waals surface area contributed by atoms with Crippen LogP contribution in [-0.2, 0) is 0 Å². The van der Waals surface area contributed by atoms with Gasteiger partial charge in [-0.05, 0) is 41.1 Å². The van der Waals surface area contributed by atoms with Crippen LogP contribution >= 0.6 is 11.6 Å². The van der Waals surface area contributed by atoms with Crippen LogP contribution in [0.15, 0.2) is 36.4 Å². The molecule has 0 saturated carbocycles. The van der Waals surface area contributed by atoms with Crippen molar-refractivity contribution in [3.05, 3.63) is 47.1 Å². The van der Waals surface area contributed by atoms with Crippen LogP contribution in [0.5, 0.6) is 5.75 Å². The smallest absolute Gasteiger partial charge is 0.353 e. The second-order valence-electron chi connectivity index (χ2n) is 4.52. The summed E-state index contributed by atoms with van der Waals surface area (Å²) in [5, 5.41) is 18.0. The van der Waals surface area contributed by atoms with Gasteiger partial charge in [-0.1, -0.05) is 17.7 Å². The maximum atomic E-state index is 10.9. The molecule has 3 rings (SSSR count). The maximum absolute atomic E-state index is 10.9. The van der Waals surface area contributed by atoms with E-state index in [0.29, 0.717) is 22.0 Å². The molecule has 0 aliphatic rings. The number of fused-ring (bicyclic) bond motifs is 1. The first kappa shape index (κ1) is 13.5. The molecule has 5 nitrogen and oxygen atoms in total. The summed E-state index contributed by atoms with van der Waals surface area (Å²) in [7, 11) is 1.56. The second-order valence-corrected chi connectivity index (χ2v) is 4.95. The molecule has 0 saturated heterocycles. The zero-order valence-corrected chi connectivity index (χ0v) is 11.8. The number of carbonyl (C=O) groups is 1. The summed E-state index contributed by atoms with van der Waals surface area (Å²) < 4.78 is 5.37. The first-order valence-electron chi connectivity index (χ1n) is 6.15. The molecule has 106 valence electrons. The molecule has 0 spiro atoms. The molecular weight excluding hydrogens is 292 g/mol. The number of nitrogens with one attached hydrogen (secondary N) is 1. The minimum absolute atomic E-state index is 0.0262. The maximum Gasteiger partial charge on any atom is 0.353 e. The van der Waals surface area contributed by atoms with Crippen molar-refractivity contribution in [2.75, 3.05) is 7.11 Å². The molecule has 0 bridgehead atoms. The molecule has 2 N–H and O–H groups in total. The fraction of sp³-hybridized carbons (Fsp3) is 0.0667. The van der Waals surface area contributed by atoms with Gasteiger partial charge >= 0.3 is 5.97 Å². The van der Waals surface area contributed by atoms with E-state index < -0.39 is 5.97 Å². The molecule has 0 atom stereocenters. The van der Waals surface area contributed by atoms with E-state index in [-0.39, 0.29) is 5.69 Å². The second kappa shape index (κ2) is 5.10. The van der Waals surface area contributed by atoms with Gasteiger partial charge in [0.15, 0.2) is 0 Å². The van der Waals surface area contributed by atoms with Crippen LogP contribution in [-0.4, -0.2) is 28.4 Å². The fourth-order valence-corrected chi connectivity index (χ4v) is 2.37. The van der Waals surface area contributed by atoms with Crippen molar-refractivity contribution >= 4 is 28.3 Å². The Kier molecular flexibility index (Phi) is 3.27. The molecule has 0 radical (unpaired) electrons. The van der Waals surface area contributed by atoms with E-state index in [9.17, 15) is 4.79 Å². The zero-order chi connectivity index (χ0) is 15.0. The Morgan fingerprint density at radius 2 is 2.05 bits per heavy atom. The minimum atomic E-state index is -1.06. The summed E-state index contributed by atoms with van der Waals surface area (Å²) in [6, 6.07) is 10.8. The Hall–Kier alpha value is -2.53. The Morgan fingerprint density at radius 1 is 1.24 bits per heavy atom. The first-order chi connectivity index (χ1) is 10.1. The zero-order valence-electron chi connectivity index (χ0n) is 11.1. The van der Waals surface area contributed by atoms with Gasteiger partial charge in [0.25, 0.3) is 0 Å². The monoisotopic (exact) mass is 302 g/mol. The lowest BCUT2D eigenvalue weighted by molar-refractivity contribution is 0.0690. The molecule has 0 aliphatic heterocycles. The minimum Gasteiger partial charge on any atom is -0.496 e. The molecule has 1 aromatic heterocycles. The number of aromatic carboxylic acids is 1. The normalized spacial score (nSPS) is 10.8. The van der Waals surface area contributed by atoms with Crippen molar-refractivity contribution in [1.82, 2.24) is 10.2 Å². The van der Waals surface area contributed by atoms with Crippen molar-refractivity contribution in [1.29, 1.82) is 0 Å². The Balaban J connectivity index is 2.21. The van der Waals surface area contributed by atoms with E-state index in [4.69, 9.17) is 21.4 Å². The summed E-state index contributed by atoms with van der Waals surface area (Å²) in [6.45, 7) is 0. The predicted octanol–water partition coefficient (Wildman–Crippen LogP) is 3.59. The molecular formula is C15H11ClN2O3. The predicted molar refractivity (Wildman–Crippen MR) is 80.1 cm³/mol. The van der Waals surface area contributed by atoms with Gasteiger partial charge < -0.3 is 9.84 Å². The van der Waals surface area contributed by atoms with Crippen molar-refractivity contribution in [3.63, 3.8) is 0 Å². The Labute approximate surface area is 125 Å². The molecule has 0 amide bonds. The van der Waals surface area contributed by atoms with E-state index in [1.807, 2.05) is 24.3 Å². The highest BCUT2D eigenvalue weighted by atomic mass is 35.5. The summed E-state index contributed by atoms with van der Waals surface area (Å²) in [6.07, 6.45) is 0. The van der Waals surface area contributed by atoms with E-state index in [1.54, 1.807) is 13.2 Å². The molecule has 1 heterocycles. The van der Waals surface area contributed by atoms with Crippen LogP contribution in [0.4, 0.5) is 0 Å². The number of methoxy groups -OCH3 is 1. The van der Waals surface area contributed by atoms with Gasteiger partial charge in [-0.3, -0.25) is 5.10 Å². The summed E-state index contributed by atoms with van der Waals surface area (Å²) in [4.78, 5) is 10.9. The van der Waals surface area contributed by atoms with Crippen LogP contribution in [0.3, 0.4) is 0 Å². The third kappa shape index (κ3) is 2.43. The first-order valence-corrected chi connectivity index (χ1v) is 6.52. The Morgan fingerprint density at radius 3 is 2.71 bits per heavy atom. The number of benzene rings is 2. The topological polar surface area (TPSA) is 75.2 Å². The summed E-state index contributed by atoms with van der Waals surface area (Å²) >= 11 is 6.01. The highest BCUT2D eigenvalue weighted by Crippen LogP contribution is 2.34. The van der Waals surface area contributed by atoms with Gasteiger partial charge in [0.2, 0.25) is 0 Å². The van der Waals surface area contributed by atoms with Gasteiger partial charge in [-0.25, -0.2) is 4.79 Å². The summed E-state index contributed by atoms with van der Waals surface area (Å²) in [5.74, 6) is -0.440. The number of halogens is 1. The fourth-order valence-electron chi connectivity index (χ4n) is 2.19. The molecule has 2 aromatic carbocycles. The van der Waals surface area contributed by atoms with E-state index in [1.165, 1.54) is 6.07 Å². The number of hydrogen-bond acceptors (Lipinski definition) is 3. The van der Waals surface area contributed by atoms with Crippen molar-refractivity contribution < 1.29 is 14.6 Å². The average Bonchev–Trinajstić information content (AvgIpc) is 2.95. The number of carboxylic acids is 1. The molecule has 0 fully saturated rings. The summed E-state index contributed by atoms with van der Waals surface area (Å²) in [5.41, 5.74) is 1.24. The van der Waals surface area contributed by atoms with E-state index in [0.717, 1.165) is 10.8 Å². The largest absolute Gasteiger partial charge is 0.496 e. The van der Waals surface area contributed by atoms with E-state index in [2.05, 4.69) is 10.2 Å². The van der Waals surface area contributed by atoms with Crippen LogP contribution in [0.2, 0.25) is 5.02 Å². The Bertz CT molecular complexity index is 842. The third-order valence-corrected chi connectivity index (χ3v) is 3.44. The average molecular weight is 303 g/mol. The van der Waals surface area contributed by atoms with Gasteiger partial charge in [0.05, 0.1) is 12.8 Å². The number of nitrogens with zero attached hydrogens (tertiary/aromatic N) is 1. The SMILES string of the molecule is COc1cc2ccc(Cl)cc2cc1-c1cc(C(=O)O)[nH]n1. The van der Waals surface area contributed by atoms with Crippen molar-refractivity contribution in [3.8, 4) is 17.0 Å². The van der Waals surface area contributed by atoms with Crippen molar-refractivity contribution in [2.45, 2.75) is 0 Å². The number of H-pyrrole nitrogens is 1. The highest BCUT2D eigenvalue weighted by Gasteiger charge is 2.14. The van der Waals surface area contributed by atoms with E-state index >= 15 is 0 Å². The quantitative estimate of drug-likeness (QED) is 0.775. The number of aromatic nitrogens is 2. The lowest BCUT2D eigenvalue weighted by atomic mass is 10.0. The van der Waals surface area contributed by atoms with Crippen molar-refractivity contribution in [2.24, 2.45) is 0 Å². The molecule has 0 aliphatic carbocycles. The number of rotatable bonds is 3. The van der Waals surface area contributed by atoms with Gasteiger partial charge in [0.1, 0.15) is 11.4 Å². The van der Waals surface area contributed by atoms with Gasteiger partial charge in [-0.2, -0.15) is 5.10 Å². The van der Waals surface area contributed by atoms with Crippen LogP contribution in [0.25, 0.3) is 22.0 Å². The molecule has 3 aromatic rings. The number of aromatic amines is 1. The van der Waals surface area contributed by atoms with Crippen LogP contribution in [0, 0.1) is 0 Å². The highest BCUT2D eigenvalue weighted by molar-refractivity contribution is 6.31. The molecule has 0 unspecified atom stereocenters. The molecule has 6 heteroatoms. The van der Waals surface area contributed by atoms with Crippen LogP contribution < -0.4 is 4.74 Å². The standard InChI is InChI=1S/C15H11ClN2O3/c1-21-14-6-8-2-3-10(16)4-9(8)5-11(14)12-7-13(15(19)20)18-17-12/h2-7H,1H3,(H,17,18)(H,19,20). The number of hydrogen-bond donors (Lipinski definition) is 2. The lowest BCUT2D eigenvalue weighted by Gasteiger charge is -2.08. The van der Waals surface area contributed by atoms with Gasteiger partial charge in [0, 0.05) is 10.6 Å². The molecule has 21 heavy (non-hydrogen) atoms.